The van der Waals surface area contributed by atoms with Crippen LogP contribution < -0.4 is 5.32 Å². The number of alkyl halides is 3. The highest BCUT2D eigenvalue weighted by molar-refractivity contribution is 7.89. The summed E-state index contributed by atoms with van der Waals surface area (Å²) in [5, 5.41) is 2.19. The lowest BCUT2D eigenvalue weighted by Gasteiger charge is -2.33. The van der Waals surface area contributed by atoms with E-state index in [1.54, 1.807) is 29.2 Å². The number of carbonyl (C=O) groups is 1. The molecule has 1 heterocycles. The Kier molecular flexibility index (Phi) is 6.71. The van der Waals surface area contributed by atoms with Crippen molar-refractivity contribution in [2.75, 3.05) is 38.0 Å². The summed E-state index contributed by atoms with van der Waals surface area (Å²) in [5.74, 6) is -0.231. The Hall–Kier alpha value is -2.14. The number of carbonyl (C=O) groups excluding carboxylic acids is 1. The van der Waals surface area contributed by atoms with E-state index in [0.717, 1.165) is 16.4 Å². The van der Waals surface area contributed by atoms with E-state index in [2.05, 4.69) is 5.32 Å². The number of halogens is 4. The number of anilines is 1. The van der Waals surface area contributed by atoms with Crippen LogP contribution in [-0.4, -0.2) is 56.3 Å². The fourth-order valence-corrected chi connectivity index (χ4v) is 4.76. The molecule has 1 aliphatic heterocycles. The van der Waals surface area contributed by atoms with Gasteiger partial charge in [-0.25, -0.2) is 8.42 Å². The van der Waals surface area contributed by atoms with Gasteiger partial charge in [-0.1, -0.05) is 29.8 Å². The van der Waals surface area contributed by atoms with Gasteiger partial charge in [0.25, 0.3) is 0 Å². The van der Waals surface area contributed by atoms with E-state index in [1.807, 2.05) is 6.07 Å². The zero-order valence-corrected chi connectivity index (χ0v) is 17.3. The SMILES string of the molecule is O=C(CN1CCN(S(=O)(=O)c2ccc(Cl)c(C(F)(F)F)c2)CC1)Nc1ccccc1. The number of piperazine rings is 1. The van der Waals surface area contributed by atoms with Gasteiger partial charge in [0.15, 0.2) is 0 Å². The van der Waals surface area contributed by atoms with Gasteiger partial charge in [0, 0.05) is 31.9 Å². The van der Waals surface area contributed by atoms with Gasteiger partial charge in [0.2, 0.25) is 15.9 Å². The first-order chi connectivity index (χ1) is 14.1. The van der Waals surface area contributed by atoms with Gasteiger partial charge in [0.1, 0.15) is 0 Å². The topological polar surface area (TPSA) is 69.7 Å². The third-order valence-corrected chi connectivity index (χ3v) is 6.86. The second-order valence-electron chi connectivity index (χ2n) is 6.73. The van der Waals surface area contributed by atoms with Crippen molar-refractivity contribution in [3.8, 4) is 0 Å². The maximum Gasteiger partial charge on any atom is 0.417 e. The van der Waals surface area contributed by atoms with E-state index < -0.39 is 31.7 Å². The van der Waals surface area contributed by atoms with E-state index in [9.17, 15) is 26.4 Å². The molecule has 11 heteroatoms. The van der Waals surface area contributed by atoms with Gasteiger partial charge in [-0.05, 0) is 30.3 Å². The third kappa shape index (κ3) is 5.31. The number of benzene rings is 2. The van der Waals surface area contributed by atoms with Crippen molar-refractivity contribution >= 4 is 33.2 Å². The molecule has 162 valence electrons. The van der Waals surface area contributed by atoms with Crippen LogP contribution in [0.25, 0.3) is 0 Å². The zero-order chi connectivity index (χ0) is 21.9. The molecule has 1 saturated heterocycles. The summed E-state index contributed by atoms with van der Waals surface area (Å²) in [4.78, 5) is 13.5. The highest BCUT2D eigenvalue weighted by Gasteiger charge is 2.36. The van der Waals surface area contributed by atoms with Gasteiger partial charge in [-0.2, -0.15) is 17.5 Å². The highest BCUT2D eigenvalue weighted by atomic mass is 35.5. The molecule has 0 aliphatic carbocycles. The Morgan fingerprint density at radius 1 is 1.03 bits per heavy atom. The summed E-state index contributed by atoms with van der Waals surface area (Å²) >= 11 is 5.57. The molecule has 0 atom stereocenters. The van der Waals surface area contributed by atoms with Crippen molar-refractivity contribution < 1.29 is 26.4 Å². The first-order valence-corrected chi connectivity index (χ1v) is 10.8. The first-order valence-electron chi connectivity index (χ1n) is 9.01. The van der Waals surface area contributed by atoms with Crippen LogP contribution in [-0.2, 0) is 21.0 Å². The highest BCUT2D eigenvalue weighted by Crippen LogP contribution is 2.36. The van der Waals surface area contributed by atoms with Crippen molar-refractivity contribution in [3.63, 3.8) is 0 Å². The van der Waals surface area contributed by atoms with Crippen LogP contribution in [0.4, 0.5) is 18.9 Å². The van der Waals surface area contributed by atoms with Gasteiger partial charge >= 0.3 is 6.18 Å². The summed E-state index contributed by atoms with van der Waals surface area (Å²) in [6.07, 6.45) is -4.76. The summed E-state index contributed by atoms with van der Waals surface area (Å²) < 4.78 is 65.8. The van der Waals surface area contributed by atoms with Crippen LogP contribution in [0.3, 0.4) is 0 Å². The predicted octanol–water partition coefficient (Wildman–Crippen LogP) is 3.30. The monoisotopic (exact) mass is 461 g/mol. The molecule has 30 heavy (non-hydrogen) atoms. The second-order valence-corrected chi connectivity index (χ2v) is 9.08. The standard InChI is InChI=1S/C19H19ClF3N3O3S/c20-17-7-6-15(12-16(17)19(21,22)23)30(28,29)26-10-8-25(9-11-26)13-18(27)24-14-4-2-1-3-5-14/h1-7,12H,8-11,13H2,(H,24,27). The Labute approximate surface area is 177 Å². The Morgan fingerprint density at radius 2 is 1.67 bits per heavy atom. The number of amides is 1. The fourth-order valence-electron chi connectivity index (χ4n) is 3.08. The summed E-state index contributed by atoms with van der Waals surface area (Å²) in [7, 11) is -4.11. The Balaban J connectivity index is 1.62. The molecule has 3 rings (SSSR count). The lowest BCUT2D eigenvalue weighted by Crippen LogP contribution is -2.50. The molecule has 0 spiro atoms. The average molecular weight is 462 g/mol. The molecular formula is C19H19ClF3N3O3S. The van der Waals surface area contributed by atoms with Gasteiger partial charge in [-0.3, -0.25) is 9.69 Å². The first kappa shape index (κ1) is 22.5. The number of rotatable bonds is 5. The minimum atomic E-state index is -4.76. The Morgan fingerprint density at radius 3 is 2.27 bits per heavy atom. The van der Waals surface area contributed by atoms with Crippen LogP contribution in [0.2, 0.25) is 5.02 Å². The second kappa shape index (κ2) is 8.93. The summed E-state index contributed by atoms with van der Waals surface area (Å²) in [6.45, 7) is 0.764. The van der Waals surface area contributed by atoms with Crippen molar-refractivity contribution in [2.24, 2.45) is 0 Å². The van der Waals surface area contributed by atoms with E-state index in [4.69, 9.17) is 11.6 Å². The molecule has 1 N–H and O–H groups in total. The number of nitrogens with one attached hydrogen (secondary N) is 1. The van der Waals surface area contributed by atoms with Crippen molar-refractivity contribution in [1.82, 2.24) is 9.21 Å². The molecule has 0 radical (unpaired) electrons. The van der Waals surface area contributed by atoms with Crippen LogP contribution in [0.1, 0.15) is 5.56 Å². The van der Waals surface area contributed by atoms with Crippen LogP contribution in [0.5, 0.6) is 0 Å². The van der Waals surface area contributed by atoms with E-state index in [-0.39, 0.29) is 38.6 Å². The molecule has 1 aliphatic rings. The average Bonchev–Trinajstić information content (AvgIpc) is 2.68. The third-order valence-electron chi connectivity index (χ3n) is 4.64. The number of nitrogens with zero attached hydrogens (tertiary/aromatic N) is 2. The molecule has 1 amide bonds. The zero-order valence-electron chi connectivity index (χ0n) is 15.7. The van der Waals surface area contributed by atoms with Gasteiger partial charge in [0.05, 0.1) is 22.0 Å². The van der Waals surface area contributed by atoms with Gasteiger partial charge in [-0.15, -0.1) is 0 Å². The van der Waals surface area contributed by atoms with Gasteiger partial charge < -0.3 is 5.32 Å². The Bertz CT molecular complexity index is 1010. The van der Waals surface area contributed by atoms with Crippen molar-refractivity contribution in [1.29, 1.82) is 0 Å². The number of hydrogen-bond donors (Lipinski definition) is 1. The van der Waals surface area contributed by atoms with E-state index in [0.29, 0.717) is 11.8 Å². The molecule has 2 aromatic carbocycles. The summed E-state index contributed by atoms with van der Waals surface area (Å²) in [6, 6.07) is 11.5. The molecule has 2 aromatic rings. The van der Waals surface area contributed by atoms with Crippen molar-refractivity contribution in [2.45, 2.75) is 11.1 Å². The quantitative estimate of drug-likeness (QED) is 0.741. The van der Waals surface area contributed by atoms with E-state index >= 15 is 0 Å². The molecule has 0 bridgehead atoms. The number of sulfonamides is 1. The minimum Gasteiger partial charge on any atom is -0.325 e. The number of hydrogen-bond acceptors (Lipinski definition) is 4. The fraction of sp³-hybridized carbons (Fsp3) is 0.316. The molecule has 6 nitrogen and oxygen atoms in total. The lowest BCUT2D eigenvalue weighted by atomic mass is 10.2. The molecule has 0 aromatic heterocycles. The predicted molar refractivity (Wildman–Crippen MR) is 107 cm³/mol. The van der Waals surface area contributed by atoms with Crippen LogP contribution in [0, 0.1) is 0 Å². The number of para-hydroxylation sites is 1. The van der Waals surface area contributed by atoms with Crippen LogP contribution in [0.15, 0.2) is 53.4 Å². The molecule has 1 fully saturated rings. The molecule has 0 saturated carbocycles. The molecular weight excluding hydrogens is 443 g/mol. The maximum absolute atomic E-state index is 13.1. The van der Waals surface area contributed by atoms with Crippen molar-refractivity contribution in [3.05, 3.63) is 59.1 Å². The largest absolute Gasteiger partial charge is 0.417 e. The van der Waals surface area contributed by atoms with E-state index in [1.165, 1.54) is 0 Å². The molecule has 0 unspecified atom stereocenters. The normalized spacial score (nSPS) is 16.4. The van der Waals surface area contributed by atoms with Crippen LogP contribution >= 0.6 is 11.6 Å². The minimum absolute atomic E-state index is 0.0604. The summed E-state index contributed by atoms with van der Waals surface area (Å²) in [5.41, 5.74) is -0.534. The smallest absolute Gasteiger partial charge is 0.325 e. The maximum atomic E-state index is 13.1. The lowest BCUT2D eigenvalue weighted by molar-refractivity contribution is -0.137.